The van der Waals surface area contributed by atoms with Gasteiger partial charge in [-0.15, -0.1) is 0 Å². The van der Waals surface area contributed by atoms with Crippen LogP contribution in [0.4, 0.5) is 26.2 Å². The molecule has 0 spiro atoms. The average Bonchev–Trinajstić information content (AvgIpc) is 3.31. The van der Waals surface area contributed by atoms with E-state index in [4.69, 9.17) is 9.15 Å². The van der Waals surface area contributed by atoms with E-state index in [0.717, 1.165) is 37.8 Å². The molecule has 0 atom stereocenters. The highest BCUT2D eigenvalue weighted by Crippen LogP contribution is 2.37. The largest absolute Gasteiger partial charge is 0.469 e. The summed E-state index contributed by atoms with van der Waals surface area (Å²) in [4.78, 5) is 28.0. The molecule has 0 saturated heterocycles. The zero-order valence-corrected chi connectivity index (χ0v) is 18.6. The predicted molar refractivity (Wildman–Crippen MR) is 122 cm³/mol. The molecule has 1 aliphatic carbocycles. The number of carbonyl (C=O) groups excluding carboxylic acids is 2. The van der Waals surface area contributed by atoms with Gasteiger partial charge in [-0.05, 0) is 67.3 Å². The van der Waals surface area contributed by atoms with Crippen LogP contribution >= 0.6 is 0 Å². The zero-order chi connectivity index (χ0) is 24.1. The number of rotatable bonds is 7. The number of oxazole rings is 1. The Morgan fingerprint density at radius 3 is 2.41 bits per heavy atom. The molecule has 1 fully saturated rings. The minimum Gasteiger partial charge on any atom is -0.469 e. The van der Waals surface area contributed by atoms with Crippen molar-refractivity contribution in [1.82, 2.24) is 4.98 Å². The molecular formula is C25H25F2N3O4. The molecule has 1 aliphatic rings. The number of anilines is 3. The highest BCUT2D eigenvalue weighted by atomic mass is 19.2. The third-order valence-corrected chi connectivity index (χ3v) is 6.08. The molecule has 1 amide bonds. The monoisotopic (exact) mass is 469 g/mol. The molecule has 0 aliphatic heterocycles. The van der Waals surface area contributed by atoms with Crippen LogP contribution in [0.15, 0.2) is 53.1 Å². The summed E-state index contributed by atoms with van der Waals surface area (Å²) in [6.07, 6.45) is 5.67. The highest BCUT2D eigenvalue weighted by molar-refractivity contribution is 6.02. The van der Waals surface area contributed by atoms with Crippen molar-refractivity contribution >= 4 is 29.3 Å². The number of nitrogens with one attached hydrogen (secondary N) is 2. The minimum atomic E-state index is -1.01. The van der Waals surface area contributed by atoms with E-state index in [1.807, 2.05) is 24.3 Å². The van der Waals surface area contributed by atoms with Crippen LogP contribution in [0.3, 0.4) is 0 Å². The lowest BCUT2D eigenvalue weighted by atomic mass is 9.77. The van der Waals surface area contributed by atoms with Gasteiger partial charge in [0.05, 0.1) is 7.11 Å². The Kier molecular flexibility index (Phi) is 7.20. The van der Waals surface area contributed by atoms with E-state index in [1.54, 1.807) is 0 Å². The zero-order valence-electron chi connectivity index (χ0n) is 18.6. The molecule has 178 valence electrons. The van der Waals surface area contributed by atoms with E-state index in [-0.39, 0.29) is 23.4 Å². The van der Waals surface area contributed by atoms with E-state index < -0.39 is 17.5 Å². The predicted octanol–water partition coefficient (Wildman–Crippen LogP) is 5.79. The summed E-state index contributed by atoms with van der Waals surface area (Å²) in [7, 11) is 1.42. The maximum Gasteiger partial charge on any atom is 0.305 e. The Labute approximate surface area is 195 Å². The van der Waals surface area contributed by atoms with Crippen LogP contribution in [-0.4, -0.2) is 24.0 Å². The first-order valence-electron chi connectivity index (χ1n) is 11.1. The van der Waals surface area contributed by atoms with Crippen LogP contribution in [-0.2, 0) is 9.53 Å². The third-order valence-electron chi connectivity index (χ3n) is 6.08. The second-order valence-corrected chi connectivity index (χ2v) is 8.37. The molecular weight excluding hydrogens is 444 g/mol. The second-order valence-electron chi connectivity index (χ2n) is 8.37. The van der Waals surface area contributed by atoms with E-state index in [2.05, 4.69) is 15.6 Å². The molecule has 9 heteroatoms. The number of methoxy groups -OCH3 is 1. The number of amides is 1. The molecule has 1 aromatic heterocycles. The number of ether oxygens (including phenoxy) is 1. The Hall–Kier alpha value is -3.75. The molecule has 2 N–H and O–H groups in total. The number of aromatic nitrogens is 1. The summed E-state index contributed by atoms with van der Waals surface area (Å²) in [6, 6.07) is 10.9. The van der Waals surface area contributed by atoms with Crippen molar-refractivity contribution in [1.29, 1.82) is 0 Å². The van der Waals surface area contributed by atoms with Crippen molar-refractivity contribution in [3.63, 3.8) is 0 Å². The topological polar surface area (TPSA) is 93.5 Å². The first-order valence-corrected chi connectivity index (χ1v) is 11.1. The lowest BCUT2D eigenvalue weighted by Gasteiger charge is -2.28. The first-order chi connectivity index (χ1) is 16.4. The van der Waals surface area contributed by atoms with Crippen molar-refractivity contribution in [3.8, 4) is 0 Å². The molecule has 0 unspecified atom stereocenters. The van der Waals surface area contributed by atoms with Crippen molar-refractivity contribution in [3.05, 3.63) is 71.6 Å². The number of esters is 1. The maximum absolute atomic E-state index is 13.3. The summed E-state index contributed by atoms with van der Waals surface area (Å²) in [5.74, 6) is -1.77. The smallest absolute Gasteiger partial charge is 0.305 e. The fraction of sp³-hybridized carbons (Fsp3) is 0.320. The minimum absolute atomic E-state index is 0.0192. The van der Waals surface area contributed by atoms with E-state index >= 15 is 0 Å². The fourth-order valence-corrected chi connectivity index (χ4v) is 4.19. The van der Waals surface area contributed by atoms with Gasteiger partial charge in [-0.3, -0.25) is 9.59 Å². The third kappa shape index (κ3) is 5.78. The number of hydrogen-bond donors (Lipinski definition) is 2. The number of benzene rings is 2. The Bertz CT molecular complexity index is 1160. The first kappa shape index (κ1) is 23.4. The average molecular weight is 469 g/mol. The van der Waals surface area contributed by atoms with Gasteiger partial charge in [0.1, 0.15) is 6.26 Å². The number of halogens is 2. The Morgan fingerprint density at radius 2 is 1.74 bits per heavy atom. The van der Waals surface area contributed by atoms with Crippen molar-refractivity contribution in [2.24, 2.45) is 5.92 Å². The molecule has 34 heavy (non-hydrogen) atoms. The van der Waals surface area contributed by atoms with Crippen LogP contribution in [0.2, 0.25) is 0 Å². The van der Waals surface area contributed by atoms with Gasteiger partial charge in [-0.1, -0.05) is 12.1 Å². The van der Waals surface area contributed by atoms with Crippen molar-refractivity contribution in [2.45, 2.75) is 38.0 Å². The summed E-state index contributed by atoms with van der Waals surface area (Å²) < 4.78 is 36.3. The summed E-state index contributed by atoms with van der Waals surface area (Å²) in [6.45, 7) is 0. The molecule has 1 saturated carbocycles. The Morgan fingerprint density at radius 1 is 1.03 bits per heavy atom. The van der Waals surface area contributed by atoms with Crippen LogP contribution in [0.5, 0.6) is 0 Å². The molecule has 0 bridgehead atoms. The van der Waals surface area contributed by atoms with Gasteiger partial charge >= 0.3 is 5.97 Å². The van der Waals surface area contributed by atoms with Crippen LogP contribution in [0, 0.1) is 17.6 Å². The molecule has 7 nitrogen and oxygen atoms in total. The second kappa shape index (κ2) is 10.5. The molecule has 4 rings (SSSR count). The van der Waals surface area contributed by atoms with Gasteiger partial charge in [-0.2, -0.15) is 4.98 Å². The van der Waals surface area contributed by atoms with Gasteiger partial charge < -0.3 is 19.8 Å². The standard InChI is InChI=1S/C25H25F2N3O4/c1-33-23(31)12-15-2-4-16(5-3-15)17-6-8-18(9-7-17)28-24(32)22-14-34-25(30-22)29-19-10-11-20(26)21(27)13-19/h6-11,13-16H,2-5,12H2,1H3,(H,28,32)(H,29,30)/t15-,16-. The number of hydrogen-bond acceptors (Lipinski definition) is 6. The van der Waals surface area contributed by atoms with Gasteiger partial charge in [0.25, 0.3) is 11.9 Å². The van der Waals surface area contributed by atoms with Gasteiger partial charge in [-0.25, -0.2) is 8.78 Å². The number of nitrogens with zero attached hydrogens (tertiary/aromatic N) is 1. The SMILES string of the molecule is COC(=O)C[C@H]1CC[C@H](c2ccc(NC(=O)c3coc(Nc4ccc(F)c(F)c4)n3)cc2)CC1. The Balaban J connectivity index is 1.30. The van der Waals surface area contributed by atoms with E-state index in [9.17, 15) is 18.4 Å². The van der Waals surface area contributed by atoms with Crippen LogP contribution in [0.25, 0.3) is 0 Å². The molecule has 2 aromatic carbocycles. The highest BCUT2D eigenvalue weighted by Gasteiger charge is 2.24. The van der Waals surface area contributed by atoms with Gasteiger partial charge in [0.15, 0.2) is 17.3 Å². The van der Waals surface area contributed by atoms with E-state index in [1.165, 1.54) is 25.0 Å². The summed E-state index contributed by atoms with van der Waals surface area (Å²) in [5.41, 5.74) is 2.10. The van der Waals surface area contributed by atoms with Crippen molar-refractivity contribution < 1.29 is 27.5 Å². The summed E-state index contributed by atoms with van der Waals surface area (Å²) in [5, 5.41) is 5.45. The molecule has 0 radical (unpaired) electrons. The summed E-state index contributed by atoms with van der Waals surface area (Å²) >= 11 is 0. The van der Waals surface area contributed by atoms with Crippen molar-refractivity contribution in [2.75, 3.05) is 17.7 Å². The van der Waals surface area contributed by atoms with Gasteiger partial charge in [0.2, 0.25) is 0 Å². The molecule has 1 heterocycles. The maximum atomic E-state index is 13.3. The van der Waals surface area contributed by atoms with Gasteiger partial charge in [0, 0.05) is 23.9 Å². The van der Waals surface area contributed by atoms with Crippen LogP contribution in [0.1, 0.15) is 54.1 Å². The fourth-order valence-electron chi connectivity index (χ4n) is 4.19. The van der Waals surface area contributed by atoms with Crippen LogP contribution < -0.4 is 10.6 Å². The molecule has 3 aromatic rings. The van der Waals surface area contributed by atoms with E-state index in [0.29, 0.717) is 23.9 Å². The normalized spacial score (nSPS) is 17.7. The quantitative estimate of drug-likeness (QED) is 0.426. The lowest BCUT2D eigenvalue weighted by Crippen LogP contribution is -2.17. The lowest BCUT2D eigenvalue weighted by molar-refractivity contribution is -0.142. The number of carbonyl (C=O) groups is 2.